The molecule has 2 saturated heterocycles. The fraction of sp³-hybridized carbons (Fsp3) is 0.714. The SMILES string of the molecule is C.O=C1OCCN1P(=O)(O[At])N1CCOC1=O. The van der Waals surface area contributed by atoms with E-state index in [0.29, 0.717) is 0 Å². The number of carbonyl (C=O) groups excluding carboxylic acids is 2. The molecule has 8 nitrogen and oxygen atoms in total. The zero-order chi connectivity index (χ0) is 11.8. The summed E-state index contributed by atoms with van der Waals surface area (Å²) < 4.78 is 28.6. The Balaban J connectivity index is 0.00000144. The standard InChI is InChI=1S/C6H8AtN2O6P.CH4/c7-15-16(12,8-1-3-13-5(8)10)9-2-4-14-6(9)11;/h1-4H2;1H4. The third-order valence-electron chi connectivity index (χ3n) is 2.18. The summed E-state index contributed by atoms with van der Waals surface area (Å²) in [6.45, 7) is 0.563. The van der Waals surface area contributed by atoms with Gasteiger partial charge >= 0.3 is 107 Å². The molecule has 0 atom stereocenters. The summed E-state index contributed by atoms with van der Waals surface area (Å²) in [5, 5.41) is 0. The van der Waals surface area contributed by atoms with Gasteiger partial charge in [-0.05, 0) is 0 Å². The normalized spacial score (nSPS) is 20.1. The van der Waals surface area contributed by atoms with E-state index in [1.165, 1.54) is 0 Å². The Hall–Kier alpha value is -0.387. The van der Waals surface area contributed by atoms with Gasteiger partial charge in [0.15, 0.2) is 0 Å². The summed E-state index contributed by atoms with van der Waals surface area (Å²) in [6.07, 6.45) is -1.47. The molecule has 10 heteroatoms. The molecule has 0 radical (unpaired) electrons. The maximum atomic E-state index is 12.4. The Labute approximate surface area is 114 Å². The first-order chi connectivity index (χ1) is 7.59. The molecule has 0 N–H and O–H groups in total. The van der Waals surface area contributed by atoms with Crippen molar-refractivity contribution in [2.75, 3.05) is 26.3 Å². The third-order valence-corrected chi connectivity index (χ3v) is 6.40. The minimum atomic E-state index is -3.67. The van der Waals surface area contributed by atoms with Crippen molar-refractivity contribution in [3.05, 3.63) is 0 Å². The Morgan fingerprint density at radius 2 is 1.53 bits per heavy atom. The van der Waals surface area contributed by atoms with E-state index in [0.717, 1.165) is 34.5 Å². The molecule has 0 bridgehead atoms. The van der Waals surface area contributed by atoms with Crippen molar-refractivity contribution in [3.63, 3.8) is 0 Å². The van der Waals surface area contributed by atoms with Gasteiger partial charge in [-0.25, -0.2) is 0 Å². The Morgan fingerprint density at radius 1 is 1.12 bits per heavy atom. The third kappa shape index (κ3) is 2.42. The van der Waals surface area contributed by atoms with Crippen LogP contribution in [0.1, 0.15) is 7.43 Å². The van der Waals surface area contributed by atoms with Gasteiger partial charge in [-0.3, -0.25) is 0 Å². The average molecular weight is 461 g/mol. The summed E-state index contributed by atoms with van der Waals surface area (Å²) in [6, 6.07) is 0. The quantitative estimate of drug-likeness (QED) is 0.586. The predicted octanol–water partition coefficient (Wildman–Crippen LogP) is 1.12. The van der Waals surface area contributed by atoms with E-state index in [-0.39, 0.29) is 33.7 Å². The number of nitrogens with zero attached hydrogens (tertiary/aromatic N) is 2. The van der Waals surface area contributed by atoms with Crippen LogP contribution in [0.5, 0.6) is 0 Å². The van der Waals surface area contributed by atoms with Crippen LogP contribution in [0.4, 0.5) is 9.59 Å². The van der Waals surface area contributed by atoms with Crippen molar-refractivity contribution in [2.24, 2.45) is 0 Å². The number of cyclic esters (lactones) is 2. The van der Waals surface area contributed by atoms with E-state index >= 15 is 0 Å². The molecule has 0 aromatic rings. The van der Waals surface area contributed by atoms with Crippen LogP contribution < -0.4 is 0 Å². The van der Waals surface area contributed by atoms with Crippen molar-refractivity contribution in [3.8, 4) is 0 Å². The molecule has 2 amide bonds. The summed E-state index contributed by atoms with van der Waals surface area (Å²) in [5.74, 6) is 0. The first kappa shape index (κ1) is 14.7. The fourth-order valence-electron chi connectivity index (χ4n) is 1.43. The summed E-state index contributed by atoms with van der Waals surface area (Å²) >= 11 is 0.762. The van der Waals surface area contributed by atoms with Crippen LogP contribution in [-0.2, 0) is 16.6 Å². The molecule has 2 aliphatic rings. The summed E-state index contributed by atoms with van der Waals surface area (Å²) in [4.78, 5) is 22.6. The second kappa shape index (κ2) is 5.50. The number of amides is 2. The van der Waals surface area contributed by atoms with E-state index in [4.69, 9.17) is 2.60 Å². The zero-order valence-electron chi connectivity index (χ0n) is 8.00. The van der Waals surface area contributed by atoms with Crippen molar-refractivity contribution in [1.29, 1.82) is 0 Å². The van der Waals surface area contributed by atoms with Crippen molar-refractivity contribution < 1.29 is 51.4 Å². The molecule has 2 aliphatic heterocycles. The number of ether oxygens (including phenoxy) is 2. The second-order valence-corrected chi connectivity index (χ2v) is 6.73. The van der Waals surface area contributed by atoms with Crippen LogP contribution in [0.3, 0.4) is 0 Å². The molecule has 0 aromatic carbocycles. The van der Waals surface area contributed by atoms with Gasteiger partial charge in [-0.15, -0.1) is 0 Å². The molecule has 2 heterocycles. The molecule has 2 fully saturated rings. The summed E-state index contributed by atoms with van der Waals surface area (Å²) in [5.41, 5.74) is 0. The van der Waals surface area contributed by atoms with Crippen LogP contribution in [0, 0.1) is 25.2 Å². The number of hydrogen-bond acceptors (Lipinski definition) is 6. The van der Waals surface area contributed by atoms with E-state index in [1.807, 2.05) is 0 Å². The van der Waals surface area contributed by atoms with Crippen LogP contribution in [-0.4, -0.2) is 47.8 Å². The van der Waals surface area contributed by atoms with Crippen molar-refractivity contribution >= 4 is 19.9 Å². The maximum absolute atomic E-state index is 12.4. The van der Waals surface area contributed by atoms with Crippen LogP contribution in [0.2, 0.25) is 0 Å². The van der Waals surface area contributed by atoms with Gasteiger partial charge in [0.2, 0.25) is 0 Å². The van der Waals surface area contributed by atoms with Gasteiger partial charge < -0.3 is 0 Å². The van der Waals surface area contributed by atoms with Crippen molar-refractivity contribution in [2.45, 2.75) is 7.43 Å². The van der Waals surface area contributed by atoms with Gasteiger partial charge in [0, 0.05) is 0 Å². The Morgan fingerprint density at radius 3 is 1.76 bits per heavy atom. The number of hydrogen-bond donors (Lipinski definition) is 0. The van der Waals surface area contributed by atoms with Crippen LogP contribution in [0.25, 0.3) is 0 Å². The topological polar surface area (TPSA) is 85.4 Å². The first-order valence-electron chi connectivity index (χ1n) is 4.39. The van der Waals surface area contributed by atoms with Gasteiger partial charge in [0.1, 0.15) is 0 Å². The van der Waals surface area contributed by atoms with Crippen molar-refractivity contribution in [1.82, 2.24) is 9.34 Å². The number of carbonyl (C=O) groups is 2. The predicted molar refractivity (Wildman–Crippen MR) is 51.5 cm³/mol. The van der Waals surface area contributed by atoms with Gasteiger partial charge in [-0.1, -0.05) is 7.43 Å². The molecule has 0 unspecified atom stereocenters. The molecule has 0 spiro atoms. The molecular weight excluding hydrogens is 449 g/mol. The van der Waals surface area contributed by atoms with Gasteiger partial charge in [0.05, 0.1) is 0 Å². The van der Waals surface area contributed by atoms with E-state index < -0.39 is 19.9 Å². The molecule has 2 rings (SSSR count). The first-order valence-corrected chi connectivity index (χ1v) is 7.12. The second-order valence-electron chi connectivity index (χ2n) is 3.03. The summed E-state index contributed by atoms with van der Waals surface area (Å²) in [7, 11) is -3.67. The Bertz CT molecular complexity index is 347. The fourth-order valence-corrected chi connectivity index (χ4v) is 4.78. The molecule has 0 aliphatic carbocycles. The monoisotopic (exact) mass is 461 g/mol. The molecule has 0 saturated carbocycles. The molecule has 98 valence electrons. The Kier molecular flexibility index (Phi) is 4.75. The molecule has 17 heavy (non-hydrogen) atoms. The van der Waals surface area contributed by atoms with E-state index in [2.05, 4.69) is 9.47 Å². The van der Waals surface area contributed by atoms with Crippen LogP contribution in [0.15, 0.2) is 0 Å². The number of rotatable bonds is 3. The molecular formula is C7H12AtN2O6P. The zero-order valence-corrected chi connectivity index (χ0v) is 11.8. The van der Waals surface area contributed by atoms with Crippen LogP contribution >= 0.6 is 7.67 Å². The van der Waals surface area contributed by atoms with E-state index in [1.54, 1.807) is 0 Å². The van der Waals surface area contributed by atoms with Gasteiger partial charge in [-0.2, -0.15) is 0 Å². The van der Waals surface area contributed by atoms with E-state index in [9.17, 15) is 14.2 Å². The molecule has 0 aromatic heterocycles. The minimum absolute atomic E-state index is 0. The average Bonchev–Trinajstić information content (AvgIpc) is 2.86. The van der Waals surface area contributed by atoms with Gasteiger partial charge in [0.25, 0.3) is 0 Å².